The fourth-order valence-corrected chi connectivity index (χ4v) is 4.52. The van der Waals surface area contributed by atoms with Crippen molar-refractivity contribution in [2.75, 3.05) is 6.54 Å². The van der Waals surface area contributed by atoms with Gasteiger partial charge in [-0.15, -0.1) is 0 Å². The molecule has 1 amide bonds. The van der Waals surface area contributed by atoms with Crippen LogP contribution in [0.2, 0.25) is 0 Å². The monoisotopic (exact) mass is 477 g/mol. The Labute approximate surface area is 188 Å². The first kappa shape index (κ1) is 19.9. The van der Waals surface area contributed by atoms with Crippen molar-refractivity contribution >= 4 is 32.9 Å². The lowest BCUT2D eigenvalue weighted by Gasteiger charge is -2.17. The fourth-order valence-electron chi connectivity index (χ4n) is 4.25. The Morgan fingerprint density at radius 3 is 2.39 bits per heavy atom. The van der Waals surface area contributed by atoms with Crippen LogP contribution in [0.25, 0.3) is 11.0 Å². The molecular weight excluding hydrogens is 457 g/mol. The summed E-state index contributed by atoms with van der Waals surface area (Å²) in [5.74, 6) is 0.808. The van der Waals surface area contributed by atoms with Crippen LogP contribution in [0, 0.1) is 5.82 Å². The van der Waals surface area contributed by atoms with Gasteiger partial charge in [-0.3, -0.25) is 4.79 Å². The standard InChI is InChI=1S/C25H21BrFN3O/c26-20-9-5-18(6-10-20)15-30-23-4-2-1-3-22(23)28-25(30)19-13-24(31)29(16-19)14-17-7-11-21(27)12-8-17/h1-12,19H,13-16H2/t19-/m1/s1. The van der Waals surface area contributed by atoms with Crippen molar-refractivity contribution in [3.63, 3.8) is 0 Å². The Balaban J connectivity index is 1.44. The first-order chi connectivity index (χ1) is 15.1. The number of carbonyl (C=O) groups is 1. The average Bonchev–Trinajstić information content (AvgIpc) is 3.32. The second-order valence-corrected chi connectivity index (χ2v) is 8.89. The maximum Gasteiger partial charge on any atom is 0.223 e. The van der Waals surface area contributed by atoms with Crippen molar-refractivity contribution in [2.45, 2.75) is 25.4 Å². The van der Waals surface area contributed by atoms with E-state index in [0.29, 0.717) is 26.1 Å². The molecule has 1 atom stereocenters. The van der Waals surface area contributed by atoms with Gasteiger partial charge in [0.15, 0.2) is 0 Å². The van der Waals surface area contributed by atoms with Gasteiger partial charge in [0.05, 0.1) is 11.0 Å². The van der Waals surface area contributed by atoms with E-state index in [-0.39, 0.29) is 17.6 Å². The number of fused-ring (bicyclic) bond motifs is 1. The van der Waals surface area contributed by atoms with Gasteiger partial charge in [0, 0.05) is 36.4 Å². The topological polar surface area (TPSA) is 38.1 Å². The third kappa shape index (κ3) is 4.12. The van der Waals surface area contributed by atoms with E-state index in [9.17, 15) is 9.18 Å². The number of carbonyl (C=O) groups excluding carboxylic acids is 1. The van der Waals surface area contributed by atoms with E-state index in [0.717, 1.165) is 26.9 Å². The van der Waals surface area contributed by atoms with Gasteiger partial charge < -0.3 is 9.47 Å². The SMILES string of the molecule is O=C1C[C@@H](c2nc3ccccc3n2Cc2ccc(Br)cc2)CN1Cc1ccc(F)cc1. The molecule has 0 saturated carbocycles. The summed E-state index contributed by atoms with van der Waals surface area (Å²) in [5, 5.41) is 0. The van der Waals surface area contributed by atoms with Gasteiger partial charge in [0.1, 0.15) is 11.6 Å². The highest BCUT2D eigenvalue weighted by molar-refractivity contribution is 9.10. The highest BCUT2D eigenvalue weighted by Gasteiger charge is 2.34. The van der Waals surface area contributed by atoms with Crippen LogP contribution in [0.5, 0.6) is 0 Å². The predicted octanol–water partition coefficient (Wildman–Crippen LogP) is 5.50. The first-order valence-electron chi connectivity index (χ1n) is 10.3. The van der Waals surface area contributed by atoms with Crippen LogP contribution in [0.1, 0.15) is 29.3 Å². The van der Waals surface area contributed by atoms with E-state index < -0.39 is 0 Å². The summed E-state index contributed by atoms with van der Waals surface area (Å²) < 4.78 is 16.5. The minimum atomic E-state index is -0.268. The number of hydrogen-bond acceptors (Lipinski definition) is 2. The van der Waals surface area contributed by atoms with E-state index in [4.69, 9.17) is 4.98 Å². The number of imidazole rings is 1. The molecule has 0 bridgehead atoms. The van der Waals surface area contributed by atoms with Crippen LogP contribution >= 0.6 is 15.9 Å². The van der Waals surface area contributed by atoms with E-state index >= 15 is 0 Å². The smallest absolute Gasteiger partial charge is 0.223 e. The zero-order valence-electron chi connectivity index (χ0n) is 16.8. The number of para-hydroxylation sites is 2. The third-order valence-corrected chi connectivity index (χ3v) is 6.33. The second-order valence-electron chi connectivity index (χ2n) is 7.97. The average molecular weight is 478 g/mol. The highest BCUT2D eigenvalue weighted by Crippen LogP contribution is 2.32. The second kappa shape index (κ2) is 8.27. The highest BCUT2D eigenvalue weighted by atomic mass is 79.9. The number of amides is 1. The van der Waals surface area contributed by atoms with Gasteiger partial charge in [0.2, 0.25) is 5.91 Å². The molecule has 0 N–H and O–H groups in total. The molecular formula is C25H21BrFN3O. The summed E-state index contributed by atoms with van der Waals surface area (Å²) in [6.07, 6.45) is 0.435. The molecule has 1 aromatic heterocycles. The zero-order chi connectivity index (χ0) is 21.4. The van der Waals surface area contributed by atoms with Crippen molar-refractivity contribution in [1.29, 1.82) is 0 Å². The van der Waals surface area contributed by atoms with E-state index in [1.54, 1.807) is 12.1 Å². The summed E-state index contributed by atoms with van der Waals surface area (Å²) in [4.78, 5) is 19.5. The largest absolute Gasteiger partial charge is 0.338 e. The molecule has 1 aliphatic heterocycles. The summed E-state index contributed by atoms with van der Waals surface area (Å²) in [5.41, 5.74) is 4.13. The Hall–Kier alpha value is -2.99. The van der Waals surface area contributed by atoms with Crippen molar-refractivity contribution in [3.05, 3.63) is 100 Å². The molecule has 2 heterocycles. The number of nitrogens with zero attached hydrogens (tertiary/aromatic N) is 3. The molecule has 31 heavy (non-hydrogen) atoms. The summed E-state index contributed by atoms with van der Waals surface area (Å²) in [7, 11) is 0. The van der Waals surface area contributed by atoms with E-state index in [1.807, 2.05) is 35.2 Å². The van der Waals surface area contributed by atoms with Gasteiger partial charge >= 0.3 is 0 Å². The Kier molecular flexibility index (Phi) is 5.32. The van der Waals surface area contributed by atoms with Crippen molar-refractivity contribution in [2.24, 2.45) is 0 Å². The van der Waals surface area contributed by atoms with Crippen molar-refractivity contribution in [3.8, 4) is 0 Å². The van der Waals surface area contributed by atoms with Crippen LogP contribution in [-0.2, 0) is 17.9 Å². The lowest BCUT2D eigenvalue weighted by atomic mass is 10.1. The molecule has 3 aromatic carbocycles. The van der Waals surface area contributed by atoms with Crippen molar-refractivity contribution in [1.82, 2.24) is 14.5 Å². The molecule has 1 saturated heterocycles. The predicted molar refractivity (Wildman–Crippen MR) is 122 cm³/mol. The minimum absolute atomic E-state index is 0.0239. The van der Waals surface area contributed by atoms with Gasteiger partial charge in [-0.2, -0.15) is 0 Å². The van der Waals surface area contributed by atoms with Gasteiger partial charge in [-0.25, -0.2) is 9.37 Å². The van der Waals surface area contributed by atoms with Crippen LogP contribution in [0.3, 0.4) is 0 Å². The minimum Gasteiger partial charge on any atom is -0.338 e. The van der Waals surface area contributed by atoms with E-state index in [2.05, 4.69) is 38.7 Å². The number of benzene rings is 3. The fraction of sp³-hybridized carbons (Fsp3) is 0.200. The molecule has 4 aromatic rings. The molecule has 156 valence electrons. The van der Waals surface area contributed by atoms with Gasteiger partial charge in [-0.1, -0.05) is 52.3 Å². The molecule has 0 spiro atoms. The van der Waals surface area contributed by atoms with Crippen molar-refractivity contribution < 1.29 is 9.18 Å². The maximum absolute atomic E-state index is 13.2. The Morgan fingerprint density at radius 1 is 0.935 bits per heavy atom. The first-order valence-corrected chi connectivity index (χ1v) is 11.1. The zero-order valence-corrected chi connectivity index (χ0v) is 18.4. The van der Waals surface area contributed by atoms with Gasteiger partial charge in [-0.05, 0) is 47.5 Å². The Bertz CT molecular complexity index is 1230. The normalized spacial score (nSPS) is 16.4. The maximum atomic E-state index is 13.2. The molecule has 0 unspecified atom stereocenters. The molecule has 5 rings (SSSR count). The molecule has 0 radical (unpaired) electrons. The lowest BCUT2D eigenvalue weighted by molar-refractivity contribution is -0.128. The van der Waals surface area contributed by atoms with Crippen LogP contribution in [0.4, 0.5) is 4.39 Å². The Morgan fingerprint density at radius 2 is 1.61 bits per heavy atom. The number of aromatic nitrogens is 2. The van der Waals surface area contributed by atoms with Crippen LogP contribution in [-0.4, -0.2) is 26.9 Å². The third-order valence-electron chi connectivity index (χ3n) is 5.80. The van der Waals surface area contributed by atoms with Crippen LogP contribution < -0.4 is 0 Å². The quantitative estimate of drug-likeness (QED) is 0.380. The lowest BCUT2D eigenvalue weighted by Crippen LogP contribution is -2.24. The van der Waals surface area contributed by atoms with Crippen LogP contribution in [0.15, 0.2) is 77.3 Å². The molecule has 1 fully saturated rings. The van der Waals surface area contributed by atoms with Gasteiger partial charge in [0.25, 0.3) is 0 Å². The summed E-state index contributed by atoms with van der Waals surface area (Å²) in [6, 6.07) is 22.7. The number of halogens is 2. The summed E-state index contributed by atoms with van der Waals surface area (Å²) >= 11 is 3.49. The molecule has 4 nitrogen and oxygen atoms in total. The van der Waals surface area contributed by atoms with E-state index in [1.165, 1.54) is 17.7 Å². The molecule has 1 aliphatic rings. The molecule has 6 heteroatoms. The summed E-state index contributed by atoms with van der Waals surface area (Å²) in [6.45, 7) is 1.80. The molecule has 0 aliphatic carbocycles. The number of likely N-dealkylation sites (tertiary alicyclic amines) is 1. The number of rotatable bonds is 5. The number of hydrogen-bond donors (Lipinski definition) is 0.